The third-order valence-corrected chi connectivity index (χ3v) is 2.33. The first-order chi connectivity index (χ1) is 8.81. The van der Waals surface area contributed by atoms with Crippen LogP contribution in [0, 0.1) is 5.41 Å². The van der Waals surface area contributed by atoms with Gasteiger partial charge in [0.2, 0.25) is 0 Å². The first kappa shape index (κ1) is 14.7. The Bertz CT molecular complexity index is 490. The van der Waals surface area contributed by atoms with E-state index in [9.17, 15) is 9.59 Å². The van der Waals surface area contributed by atoms with E-state index in [4.69, 9.17) is 14.9 Å². The Balaban J connectivity index is 2.63. The van der Waals surface area contributed by atoms with Crippen molar-refractivity contribution < 1.29 is 24.5 Å². The van der Waals surface area contributed by atoms with Gasteiger partial charge in [0.25, 0.3) is 0 Å². The summed E-state index contributed by atoms with van der Waals surface area (Å²) in [7, 11) is 0. The molecular formula is C13H15NO5. The van der Waals surface area contributed by atoms with Crippen LogP contribution in [0.15, 0.2) is 24.4 Å². The van der Waals surface area contributed by atoms with Crippen LogP contribution in [0.25, 0.3) is 6.08 Å². The Morgan fingerprint density at radius 3 is 2.53 bits per heavy atom. The van der Waals surface area contributed by atoms with Crippen LogP contribution < -0.4 is 4.74 Å². The minimum atomic E-state index is -1.05. The quantitative estimate of drug-likeness (QED) is 0.759. The average molecular weight is 265 g/mol. The molecule has 0 saturated carbocycles. The monoisotopic (exact) mass is 265 g/mol. The van der Waals surface area contributed by atoms with Gasteiger partial charge < -0.3 is 14.9 Å². The fourth-order valence-corrected chi connectivity index (χ4v) is 1.06. The SMILES string of the molecule is CC(C)(COc1ccc(C=CC(=O)O)nc1)C(=O)O. The number of carbonyl (C=O) groups is 2. The first-order valence-corrected chi connectivity index (χ1v) is 5.54. The normalized spacial score (nSPS) is 11.5. The van der Waals surface area contributed by atoms with Gasteiger partial charge in [-0.2, -0.15) is 0 Å². The summed E-state index contributed by atoms with van der Waals surface area (Å²) >= 11 is 0. The van der Waals surface area contributed by atoms with Crippen LogP contribution in [0.3, 0.4) is 0 Å². The van der Waals surface area contributed by atoms with Crippen LogP contribution in [-0.4, -0.2) is 33.7 Å². The van der Waals surface area contributed by atoms with Crippen molar-refractivity contribution in [3.8, 4) is 5.75 Å². The maximum absolute atomic E-state index is 10.9. The zero-order chi connectivity index (χ0) is 14.5. The Kier molecular flexibility index (Phi) is 4.63. The van der Waals surface area contributed by atoms with E-state index >= 15 is 0 Å². The standard InChI is InChI=1S/C13H15NO5/c1-13(2,12(17)18)8-19-10-5-3-9(14-7-10)4-6-11(15)16/h3-7H,8H2,1-2H3,(H,15,16)(H,17,18). The summed E-state index contributed by atoms with van der Waals surface area (Å²) in [5.41, 5.74) is -0.505. The Morgan fingerprint density at radius 1 is 1.37 bits per heavy atom. The molecule has 102 valence electrons. The molecule has 0 atom stereocenters. The second kappa shape index (κ2) is 5.99. The molecule has 6 nitrogen and oxygen atoms in total. The van der Waals surface area contributed by atoms with Gasteiger partial charge in [-0.25, -0.2) is 4.79 Å². The number of ether oxygens (including phenoxy) is 1. The van der Waals surface area contributed by atoms with Gasteiger partial charge in [0.1, 0.15) is 12.4 Å². The smallest absolute Gasteiger partial charge is 0.328 e. The maximum Gasteiger partial charge on any atom is 0.328 e. The van der Waals surface area contributed by atoms with Gasteiger partial charge in [-0.15, -0.1) is 0 Å². The Morgan fingerprint density at radius 2 is 2.05 bits per heavy atom. The van der Waals surface area contributed by atoms with E-state index in [2.05, 4.69) is 4.98 Å². The van der Waals surface area contributed by atoms with E-state index in [0.29, 0.717) is 11.4 Å². The van der Waals surface area contributed by atoms with Crippen molar-refractivity contribution in [2.75, 3.05) is 6.61 Å². The number of hydrogen-bond donors (Lipinski definition) is 2. The van der Waals surface area contributed by atoms with Crippen LogP contribution in [0.5, 0.6) is 5.75 Å². The van der Waals surface area contributed by atoms with Gasteiger partial charge in [0.05, 0.1) is 17.3 Å². The lowest BCUT2D eigenvalue weighted by Gasteiger charge is -2.19. The predicted octanol–water partition coefficient (Wildman–Crippen LogP) is 1.67. The highest BCUT2D eigenvalue weighted by Gasteiger charge is 2.28. The second-order valence-corrected chi connectivity index (χ2v) is 4.57. The molecule has 19 heavy (non-hydrogen) atoms. The van der Waals surface area contributed by atoms with Crippen LogP contribution >= 0.6 is 0 Å². The predicted molar refractivity (Wildman–Crippen MR) is 67.8 cm³/mol. The van der Waals surface area contributed by atoms with Gasteiger partial charge in [-0.3, -0.25) is 9.78 Å². The molecule has 1 aromatic heterocycles. The van der Waals surface area contributed by atoms with Crippen molar-refractivity contribution in [3.63, 3.8) is 0 Å². The highest BCUT2D eigenvalue weighted by molar-refractivity contribution is 5.84. The summed E-state index contributed by atoms with van der Waals surface area (Å²) < 4.78 is 5.33. The number of aliphatic carboxylic acids is 2. The minimum Gasteiger partial charge on any atom is -0.491 e. The Hall–Kier alpha value is -2.37. The molecule has 0 spiro atoms. The van der Waals surface area contributed by atoms with Gasteiger partial charge in [-0.1, -0.05) is 0 Å². The zero-order valence-corrected chi connectivity index (χ0v) is 10.7. The topological polar surface area (TPSA) is 96.7 Å². The number of aromatic nitrogens is 1. The molecule has 6 heteroatoms. The molecule has 2 N–H and O–H groups in total. The molecule has 0 aliphatic carbocycles. The molecule has 0 aliphatic rings. The third kappa shape index (κ3) is 4.79. The van der Waals surface area contributed by atoms with Gasteiger partial charge in [-0.05, 0) is 32.1 Å². The maximum atomic E-state index is 10.9. The van der Waals surface area contributed by atoms with Gasteiger partial charge >= 0.3 is 11.9 Å². The van der Waals surface area contributed by atoms with E-state index in [-0.39, 0.29) is 6.61 Å². The number of nitrogens with zero attached hydrogens (tertiary/aromatic N) is 1. The van der Waals surface area contributed by atoms with E-state index < -0.39 is 17.4 Å². The van der Waals surface area contributed by atoms with E-state index in [1.807, 2.05) is 0 Å². The second-order valence-electron chi connectivity index (χ2n) is 4.57. The molecule has 0 unspecified atom stereocenters. The molecule has 0 aromatic carbocycles. The lowest BCUT2D eigenvalue weighted by Crippen LogP contribution is -2.30. The molecule has 0 bridgehead atoms. The van der Waals surface area contributed by atoms with Crippen LogP contribution in [0.1, 0.15) is 19.5 Å². The number of pyridine rings is 1. The molecule has 0 radical (unpaired) electrons. The molecule has 0 fully saturated rings. The van der Waals surface area contributed by atoms with Crippen molar-refractivity contribution in [3.05, 3.63) is 30.1 Å². The van der Waals surface area contributed by atoms with Crippen molar-refractivity contribution in [1.82, 2.24) is 4.98 Å². The van der Waals surface area contributed by atoms with E-state index in [0.717, 1.165) is 6.08 Å². The number of carboxylic acids is 2. The largest absolute Gasteiger partial charge is 0.491 e. The summed E-state index contributed by atoms with van der Waals surface area (Å²) in [6.45, 7) is 3.15. The van der Waals surface area contributed by atoms with Crippen molar-refractivity contribution in [2.24, 2.45) is 5.41 Å². The summed E-state index contributed by atoms with van der Waals surface area (Å²) in [4.78, 5) is 25.2. The fourth-order valence-electron chi connectivity index (χ4n) is 1.06. The first-order valence-electron chi connectivity index (χ1n) is 5.54. The number of carboxylic acid groups (broad SMARTS) is 2. The summed E-state index contributed by atoms with van der Waals surface area (Å²) in [6, 6.07) is 3.19. The highest BCUT2D eigenvalue weighted by atomic mass is 16.5. The van der Waals surface area contributed by atoms with E-state index in [1.165, 1.54) is 12.3 Å². The molecule has 0 aliphatic heterocycles. The molecular weight excluding hydrogens is 250 g/mol. The fraction of sp³-hybridized carbons (Fsp3) is 0.308. The summed E-state index contributed by atoms with van der Waals surface area (Å²) in [6.07, 6.45) is 3.75. The lowest BCUT2D eigenvalue weighted by molar-refractivity contribution is -0.148. The van der Waals surface area contributed by atoms with Crippen molar-refractivity contribution in [2.45, 2.75) is 13.8 Å². The van der Waals surface area contributed by atoms with Gasteiger partial charge in [0, 0.05) is 6.08 Å². The summed E-state index contributed by atoms with van der Waals surface area (Å²) in [5, 5.41) is 17.4. The van der Waals surface area contributed by atoms with Crippen molar-refractivity contribution >= 4 is 18.0 Å². The van der Waals surface area contributed by atoms with Crippen LogP contribution in [-0.2, 0) is 9.59 Å². The number of hydrogen-bond acceptors (Lipinski definition) is 4. The molecule has 1 aromatic rings. The zero-order valence-electron chi connectivity index (χ0n) is 10.7. The van der Waals surface area contributed by atoms with Crippen molar-refractivity contribution in [1.29, 1.82) is 0 Å². The summed E-state index contributed by atoms with van der Waals surface area (Å²) in [5.74, 6) is -1.56. The van der Waals surface area contributed by atoms with Gasteiger partial charge in [0.15, 0.2) is 0 Å². The van der Waals surface area contributed by atoms with Crippen LogP contribution in [0.4, 0.5) is 0 Å². The molecule has 0 amide bonds. The van der Waals surface area contributed by atoms with E-state index in [1.54, 1.807) is 26.0 Å². The average Bonchev–Trinajstić information content (AvgIpc) is 2.35. The molecule has 0 saturated heterocycles. The molecule has 1 rings (SSSR count). The third-order valence-electron chi connectivity index (χ3n) is 2.33. The highest BCUT2D eigenvalue weighted by Crippen LogP contribution is 2.18. The lowest BCUT2D eigenvalue weighted by atomic mass is 9.95. The minimum absolute atomic E-state index is 0.0221. The number of rotatable bonds is 6. The van der Waals surface area contributed by atoms with Crippen LogP contribution in [0.2, 0.25) is 0 Å². The molecule has 1 heterocycles. The Labute approximate surface area is 110 Å².